The molecule has 0 unspecified atom stereocenters. The zero-order valence-electron chi connectivity index (χ0n) is 7.11. The van der Waals surface area contributed by atoms with E-state index in [1.54, 1.807) is 18.2 Å². The molecular weight excluding hydrogens is 186 g/mol. The van der Waals surface area contributed by atoms with Gasteiger partial charge in [-0.3, -0.25) is 4.79 Å². The largest absolute Gasteiger partial charge is 0.481 e. The predicted octanol–water partition coefficient (Wildman–Crippen LogP) is 0.748. The maximum Gasteiger partial charge on any atom is 0.365 e. The lowest BCUT2D eigenvalue weighted by Gasteiger charge is -1.94. The van der Waals surface area contributed by atoms with E-state index in [1.165, 1.54) is 0 Å². The molecule has 0 spiro atoms. The lowest BCUT2D eigenvalue weighted by atomic mass is 10.1. The number of carbonyl (C=O) groups is 1. The van der Waals surface area contributed by atoms with Crippen LogP contribution in [0.5, 0.6) is 0 Å². The minimum absolute atomic E-state index is 0.0663. The molecule has 0 radical (unpaired) electrons. The van der Waals surface area contributed by atoms with Gasteiger partial charge in [-0.05, 0) is 17.7 Å². The van der Waals surface area contributed by atoms with Crippen molar-refractivity contribution < 1.29 is 14.4 Å². The first-order valence-corrected chi connectivity index (χ1v) is 3.99. The molecule has 0 atom stereocenters. The molecule has 0 bridgehead atoms. The van der Waals surface area contributed by atoms with Crippen LogP contribution < -0.4 is 5.63 Å². The van der Waals surface area contributed by atoms with Crippen LogP contribution in [0, 0.1) is 0 Å². The fraction of sp³-hybridized carbons (Fsp3) is 0.111. The summed E-state index contributed by atoms with van der Waals surface area (Å²) in [6.45, 7) is 0. The third-order valence-corrected chi connectivity index (χ3v) is 1.91. The van der Waals surface area contributed by atoms with Crippen LogP contribution >= 0.6 is 0 Å². The molecule has 0 aliphatic rings. The Balaban J connectivity index is 2.52. The minimum atomic E-state index is -0.907. The summed E-state index contributed by atoms with van der Waals surface area (Å²) in [5, 5.41) is 11.4. The summed E-state index contributed by atoms with van der Waals surface area (Å²) in [4.78, 5) is 21.4. The molecule has 72 valence electrons. The number of benzene rings is 1. The molecule has 2 aromatic rings. The summed E-state index contributed by atoms with van der Waals surface area (Å²) in [5.41, 5.74) is 0.706. The Morgan fingerprint density at radius 1 is 1.50 bits per heavy atom. The van der Waals surface area contributed by atoms with Crippen molar-refractivity contribution in [2.24, 2.45) is 0 Å². The molecule has 0 aliphatic heterocycles. The van der Waals surface area contributed by atoms with Gasteiger partial charge in [-0.1, -0.05) is 6.07 Å². The number of aliphatic carboxylic acids is 1. The SMILES string of the molecule is O=C(O)Cc1ccc2c(=O)o[nH]c2c1. The molecule has 14 heavy (non-hydrogen) atoms. The molecule has 0 aliphatic carbocycles. The maximum absolute atomic E-state index is 11.0. The van der Waals surface area contributed by atoms with E-state index in [9.17, 15) is 9.59 Å². The topological polar surface area (TPSA) is 83.3 Å². The summed E-state index contributed by atoms with van der Waals surface area (Å²) in [7, 11) is 0. The number of nitrogens with one attached hydrogen (secondary N) is 1. The van der Waals surface area contributed by atoms with Crippen molar-refractivity contribution in [3.05, 3.63) is 34.2 Å². The second-order valence-corrected chi connectivity index (χ2v) is 2.94. The van der Waals surface area contributed by atoms with Gasteiger partial charge in [0.25, 0.3) is 0 Å². The van der Waals surface area contributed by atoms with Gasteiger partial charge in [0.1, 0.15) is 0 Å². The summed E-state index contributed by atoms with van der Waals surface area (Å²) < 4.78 is 4.55. The molecule has 5 heteroatoms. The third kappa shape index (κ3) is 1.39. The molecule has 5 nitrogen and oxygen atoms in total. The smallest absolute Gasteiger partial charge is 0.365 e. The average Bonchev–Trinajstić information content (AvgIpc) is 2.46. The summed E-state index contributed by atoms with van der Waals surface area (Å²) in [6.07, 6.45) is -0.0663. The molecular formula is C9H7NO4. The molecule has 0 fully saturated rings. The molecule has 0 amide bonds. The van der Waals surface area contributed by atoms with E-state index in [0.717, 1.165) is 0 Å². The predicted molar refractivity (Wildman–Crippen MR) is 48.2 cm³/mol. The normalized spacial score (nSPS) is 10.6. The average molecular weight is 193 g/mol. The van der Waals surface area contributed by atoms with Gasteiger partial charge in [-0.2, -0.15) is 0 Å². The Kier molecular flexibility index (Phi) is 1.85. The van der Waals surface area contributed by atoms with Crippen LogP contribution in [-0.4, -0.2) is 16.2 Å². The highest BCUT2D eigenvalue weighted by atomic mass is 16.5. The summed E-state index contributed by atoms with van der Waals surface area (Å²) in [5.74, 6) is -0.907. The minimum Gasteiger partial charge on any atom is -0.481 e. The number of hydrogen-bond donors (Lipinski definition) is 2. The van der Waals surface area contributed by atoms with E-state index in [2.05, 4.69) is 9.68 Å². The quantitative estimate of drug-likeness (QED) is 0.737. The van der Waals surface area contributed by atoms with Crippen molar-refractivity contribution >= 4 is 16.9 Å². The lowest BCUT2D eigenvalue weighted by molar-refractivity contribution is -0.136. The number of aromatic amines is 1. The van der Waals surface area contributed by atoms with Gasteiger partial charge in [0.2, 0.25) is 0 Å². The zero-order valence-corrected chi connectivity index (χ0v) is 7.11. The zero-order chi connectivity index (χ0) is 10.1. The number of carboxylic acids is 1. The van der Waals surface area contributed by atoms with Crippen molar-refractivity contribution in [3.8, 4) is 0 Å². The van der Waals surface area contributed by atoms with Crippen molar-refractivity contribution in [2.75, 3.05) is 0 Å². The fourth-order valence-corrected chi connectivity index (χ4v) is 1.29. The van der Waals surface area contributed by atoms with Gasteiger partial charge in [0, 0.05) is 0 Å². The Morgan fingerprint density at radius 2 is 2.29 bits per heavy atom. The van der Waals surface area contributed by atoms with Gasteiger partial charge in [-0.25, -0.2) is 9.95 Å². The highest BCUT2D eigenvalue weighted by Gasteiger charge is 2.05. The van der Waals surface area contributed by atoms with E-state index in [-0.39, 0.29) is 6.42 Å². The molecule has 2 N–H and O–H groups in total. The first-order valence-electron chi connectivity index (χ1n) is 3.99. The molecule has 0 saturated heterocycles. The van der Waals surface area contributed by atoms with E-state index in [1.807, 2.05) is 0 Å². The van der Waals surface area contributed by atoms with E-state index in [0.29, 0.717) is 16.5 Å². The second-order valence-electron chi connectivity index (χ2n) is 2.94. The molecule has 0 saturated carbocycles. The van der Waals surface area contributed by atoms with Crippen LogP contribution in [0.1, 0.15) is 5.56 Å². The van der Waals surface area contributed by atoms with E-state index in [4.69, 9.17) is 5.11 Å². The number of rotatable bonds is 2. The number of carboxylic acid groups (broad SMARTS) is 1. The fourth-order valence-electron chi connectivity index (χ4n) is 1.29. The van der Waals surface area contributed by atoms with Gasteiger partial charge >= 0.3 is 11.6 Å². The Morgan fingerprint density at radius 3 is 3.00 bits per heavy atom. The van der Waals surface area contributed by atoms with Crippen molar-refractivity contribution in [2.45, 2.75) is 6.42 Å². The van der Waals surface area contributed by atoms with Crippen LogP contribution in [0.4, 0.5) is 0 Å². The number of aromatic nitrogens is 1. The van der Waals surface area contributed by atoms with Crippen molar-refractivity contribution in [1.29, 1.82) is 0 Å². The maximum atomic E-state index is 11.0. The monoisotopic (exact) mass is 193 g/mol. The van der Waals surface area contributed by atoms with E-state index >= 15 is 0 Å². The molecule has 2 rings (SSSR count). The van der Waals surface area contributed by atoms with E-state index < -0.39 is 11.6 Å². The summed E-state index contributed by atoms with van der Waals surface area (Å²) in [6, 6.07) is 4.74. The first kappa shape index (κ1) is 8.55. The Labute approximate surface area is 77.9 Å². The standard InChI is InChI=1S/C9H7NO4/c11-8(12)4-5-1-2-6-7(3-5)10-14-9(6)13/h1-3,10H,4H2,(H,11,12). The van der Waals surface area contributed by atoms with Gasteiger partial charge in [0.15, 0.2) is 0 Å². The number of H-pyrrole nitrogens is 1. The van der Waals surface area contributed by atoms with Gasteiger partial charge in [-0.15, -0.1) is 0 Å². The highest BCUT2D eigenvalue weighted by molar-refractivity contribution is 5.79. The van der Waals surface area contributed by atoms with Crippen molar-refractivity contribution in [1.82, 2.24) is 5.16 Å². The van der Waals surface area contributed by atoms with Crippen molar-refractivity contribution in [3.63, 3.8) is 0 Å². The third-order valence-electron chi connectivity index (χ3n) is 1.91. The molecule has 1 aromatic heterocycles. The summed E-state index contributed by atoms with van der Waals surface area (Å²) >= 11 is 0. The van der Waals surface area contributed by atoms with Crippen LogP contribution in [-0.2, 0) is 11.2 Å². The molecule has 1 heterocycles. The first-order chi connectivity index (χ1) is 6.66. The lowest BCUT2D eigenvalue weighted by Crippen LogP contribution is -2.00. The Hall–Kier alpha value is -2.04. The van der Waals surface area contributed by atoms with Crippen LogP contribution in [0.2, 0.25) is 0 Å². The van der Waals surface area contributed by atoms with Crippen LogP contribution in [0.3, 0.4) is 0 Å². The number of hydrogen-bond acceptors (Lipinski definition) is 3. The second kappa shape index (κ2) is 3.02. The molecule has 1 aromatic carbocycles. The number of fused-ring (bicyclic) bond motifs is 1. The Bertz CT molecular complexity index is 537. The van der Waals surface area contributed by atoms with Gasteiger partial charge in [0.05, 0.1) is 17.3 Å². The van der Waals surface area contributed by atoms with Gasteiger partial charge < -0.3 is 9.63 Å². The van der Waals surface area contributed by atoms with Crippen LogP contribution in [0.25, 0.3) is 10.9 Å². The highest BCUT2D eigenvalue weighted by Crippen LogP contribution is 2.10. The van der Waals surface area contributed by atoms with Crippen LogP contribution in [0.15, 0.2) is 27.5 Å².